The Morgan fingerprint density at radius 2 is 2.19 bits per heavy atom. The van der Waals surface area contributed by atoms with Gasteiger partial charge < -0.3 is 10.6 Å². The van der Waals surface area contributed by atoms with Crippen molar-refractivity contribution in [2.24, 2.45) is 5.73 Å². The third-order valence-corrected chi connectivity index (χ3v) is 2.49. The van der Waals surface area contributed by atoms with E-state index in [0.717, 1.165) is 0 Å². The minimum absolute atomic E-state index is 0.0103. The largest absolute Gasteiger partial charge is 0.342 e. The van der Waals surface area contributed by atoms with Crippen molar-refractivity contribution < 1.29 is 4.79 Å². The van der Waals surface area contributed by atoms with E-state index in [1.807, 2.05) is 20.8 Å². The summed E-state index contributed by atoms with van der Waals surface area (Å²) in [5.41, 5.74) is 6.35. The molecule has 2 N–H and O–H groups in total. The Labute approximate surface area is 95.4 Å². The van der Waals surface area contributed by atoms with Crippen LogP contribution in [0, 0.1) is 0 Å². The number of hydrogen-bond donors (Lipinski definition) is 1. The quantitative estimate of drug-likeness (QED) is 0.792. The zero-order valence-electron chi connectivity index (χ0n) is 10.2. The Morgan fingerprint density at radius 3 is 2.62 bits per heavy atom. The lowest BCUT2D eigenvalue weighted by molar-refractivity contribution is -0.132. The predicted molar refractivity (Wildman–Crippen MR) is 60.5 cm³/mol. The predicted octanol–water partition coefficient (Wildman–Crippen LogP) is 0.165. The number of hydrogen-bond acceptors (Lipinski definition) is 4. The summed E-state index contributed by atoms with van der Waals surface area (Å²) < 4.78 is 1.51. The first-order chi connectivity index (χ1) is 7.41. The highest BCUT2D eigenvalue weighted by atomic mass is 16.2. The van der Waals surface area contributed by atoms with E-state index < -0.39 is 0 Å². The van der Waals surface area contributed by atoms with E-state index in [2.05, 4.69) is 10.3 Å². The number of rotatable bonds is 4. The third kappa shape index (κ3) is 3.03. The van der Waals surface area contributed by atoms with Crippen LogP contribution in [0.4, 0.5) is 0 Å². The number of amides is 1. The summed E-state index contributed by atoms with van der Waals surface area (Å²) in [5, 5.41) is 7.75. The molecule has 16 heavy (non-hydrogen) atoms. The summed E-state index contributed by atoms with van der Waals surface area (Å²) in [6, 6.07) is 0.0237. The SMILES string of the molecule is CC(N)c1cn(CC(=O)N(C)C(C)C)nn1. The number of likely N-dealkylation sites (N-methyl/N-ethyl adjacent to an activating group) is 1. The molecule has 0 aliphatic heterocycles. The van der Waals surface area contributed by atoms with Gasteiger partial charge in [-0.3, -0.25) is 4.79 Å². The molecule has 90 valence electrons. The Hall–Kier alpha value is -1.43. The summed E-state index contributed by atoms with van der Waals surface area (Å²) in [7, 11) is 1.77. The monoisotopic (exact) mass is 225 g/mol. The first-order valence-corrected chi connectivity index (χ1v) is 5.33. The van der Waals surface area contributed by atoms with Crippen LogP contribution in [-0.4, -0.2) is 38.9 Å². The van der Waals surface area contributed by atoms with E-state index in [9.17, 15) is 4.79 Å². The molecule has 1 unspecified atom stereocenters. The molecule has 0 fully saturated rings. The summed E-state index contributed by atoms with van der Waals surface area (Å²) in [6.45, 7) is 5.96. The van der Waals surface area contributed by atoms with E-state index in [4.69, 9.17) is 5.73 Å². The molecule has 0 aliphatic rings. The van der Waals surface area contributed by atoms with Gasteiger partial charge in [-0.15, -0.1) is 5.10 Å². The molecule has 1 aromatic rings. The van der Waals surface area contributed by atoms with E-state index in [0.29, 0.717) is 5.69 Å². The van der Waals surface area contributed by atoms with Crippen LogP contribution in [0.25, 0.3) is 0 Å². The standard InChI is InChI=1S/C10H19N5O/c1-7(2)14(4)10(16)6-15-5-9(8(3)11)12-13-15/h5,7-8H,6,11H2,1-4H3. The summed E-state index contributed by atoms with van der Waals surface area (Å²) in [5.74, 6) is 0.0103. The van der Waals surface area contributed by atoms with Gasteiger partial charge in [-0.2, -0.15) is 0 Å². The molecule has 0 aliphatic carbocycles. The van der Waals surface area contributed by atoms with Crippen LogP contribution in [0.3, 0.4) is 0 Å². The second-order valence-corrected chi connectivity index (χ2v) is 4.23. The Morgan fingerprint density at radius 1 is 1.56 bits per heavy atom. The molecule has 0 saturated heterocycles. The van der Waals surface area contributed by atoms with Crippen molar-refractivity contribution in [3.8, 4) is 0 Å². The maximum absolute atomic E-state index is 11.7. The molecule has 0 bridgehead atoms. The van der Waals surface area contributed by atoms with Crippen LogP contribution >= 0.6 is 0 Å². The molecule has 1 amide bonds. The van der Waals surface area contributed by atoms with E-state index in [1.54, 1.807) is 18.1 Å². The lowest BCUT2D eigenvalue weighted by Gasteiger charge is -2.21. The van der Waals surface area contributed by atoms with Gasteiger partial charge >= 0.3 is 0 Å². The molecule has 0 saturated carbocycles. The molecule has 0 radical (unpaired) electrons. The van der Waals surface area contributed by atoms with E-state index >= 15 is 0 Å². The molecule has 1 aromatic heterocycles. The van der Waals surface area contributed by atoms with E-state index in [-0.39, 0.29) is 24.5 Å². The molecule has 1 rings (SSSR count). The lowest BCUT2D eigenvalue weighted by Crippen LogP contribution is -2.35. The van der Waals surface area contributed by atoms with Gasteiger partial charge in [-0.05, 0) is 20.8 Å². The zero-order chi connectivity index (χ0) is 12.3. The van der Waals surface area contributed by atoms with Crippen LogP contribution in [0.1, 0.15) is 32.5 Å². The average Bonchev–Trinajstić information content (AvgIpc) is 2.64. The molecule has 1 heterocycles. The van der Waals surface area contributed by atoms with Crippen LogP contribution in [-0.2, 0) is 11.3 Å². The highest BCUT2D eigenvalue weighted by Crippen LogP contribution is 2.04. The van der Waals surface area contributed by atoms with Crippen LogP contribution < -0.4 is 5.73 Å². The molecule has 6 heteroatoms. The number of carbonyl (C=O) groups excluding carboxylic acids is 1. The van der Waals surface area contributed by atoms with Crippen LogP contribution in [0.2, 0.25) is 0 Å². The first kappa shape index (κ1) is 12.6. The van der Waals surface area contributed by atoms with Crippen LogP contribution in [0.5, 0.6) is 0 Å². The highest BCUT2D eigenvalue weighted by molar-refractivity contribution is 5.75. The van der Waals surface area contributed by atoms with Crippen molar-refractivity contribution in [2.45, 2.75) is 39.4 Å². The Balaban J connectivity index is 2.63. The number of aromatic nitrogens is 3. The van der Waals surface area contributed by atoms with Crippen molar-refractivity contribution >= 4 is 5.91 Å². The minimum Gasteiger partial charge on any atom is -0.342 e. The van der Waals surface area contributed by atoms with Gasteiger partial charge in [-0.1, -0.05) is 5.21 Å². The maximum Gasteiger partial charge on any atom is 0.244 e. The van der Waals surface area contributed by atoms with Crippen molar-refractivity contribution in [3.63, 3.8) is 0 Å². The number of nitrogens with zero attached hydrogens (tertiary/aromatic N) is 4. The summed E-state index contributed by atoms with van der Waals surface area (Å²) >= 11 is 0. The molecular formula is C10H19N5O. The topological polar surface area (TPSA) is 77.0 Å². The zero-order valence-corrected chi connectivity index (χ0v) is 10.2. The maximum atomic E-state index is 11.7. The first-order valence-electron chi connectivity index (χ1n) is 5.33. The fraction of sp³-hybridized carbons (Fsp3) is 0.700. The second kappa shape index (κ2) is 5.07. The van der Waals surface area contributed by atoms with Gasteiger partial charge in [-0.25, -0.2) is 4.68 Å². The summed E-state index contributed by atoms with van der Waals surface area (Å²) in [6.07, 6.45) is 1.71. The van der Waals surface area contributed by atoms with Gasteiger partial charge in [0.1, 0.15) is 6.54 Å². The number of nitrogens with two attached hydrogens (primary N) is 1. The third-order valence-electron chi connectivity index (χ3n) is 2.49. The molecule has 6 nitrogen and oxygen atoms in total. The Bertz CT molecular complexity index is 358. The lowest BCUT2D eigenvalue weighted by atomic mass is 10.3. The number of carbonyl (C=O) groups is 1. The minimum atomic E-state index is -0.160. The second-order valence-electron chi connectivity index (χ2n) is 4.23. The van der Waals surface area contributed by atoms with Crippen molar-refractivity contribution in [1.29, 1.82) is 0 Å². The molecule has 1 atom stereocenters. The van der Waals surface area contributed by atoms with Gasteiger partial charge in [0, 0.05) is 19.1 Å². The average molecular weight is 225 g/mol. The molecule has 0 aromatic carbocycles. The molecule has 0 spiro atoms. The smallest absolute Gasteiger partial charge is 0.244 e. The van der Waals surface area contributed by atoms with Crippen molar-refractivity contribution in [1.82, 2.24) is 19.9 Å². The highest BCUT2D eigenvalue weighted by Gasteiger charge is 2.14. The van der Waals surface area contributed by atoms with Gasteiger partial charge in [0.2, 0.25) is 5.91 Å². The van der Waals surface area contributed by atoms with Crippen molar-refractivity contribution in [2.75, 3.05) is 7.05 Å². The molecular weight excluding hydrogens is 206 g/mol. The Kier molecular flexibility index (Phi) is 4.00. The normalized spacial score (nSPS) is 12.9. The fourth-order valence-corrected chi connectivity index (χ4v) is 1.14. The van der Waals surface area contributed by atoms with Crippen molar-refractivity contribution in [3.05, 3.63) is 11.9 Å². The summed E-state index contributed by atoms with van der Waals surface area (Å²) in [4.78, 5) is 13.4. The van der Waals surface area contributed by atoms with Gasteiger partial charge in [0.15, 0.2) is 0 Å². The van der Waals surface area contributed by atoms with Gasteiger partial charge in [0.05, 0.1) is 11.9 Å². The fourth-order valence-electron chi connectivity index (χ4n) is 1.14. The van der Waals surface area contributed by atoms with E-state index in [1.165, 1.54) is 4.68 Å². The van der Waals surface area contributed by atoms with Crippen LogP contribution in [0.15, 0.2) is 6.20 Å². The van der Waals surface area contributed by atoms with Gasteiger partial charge in [0.25, 0.3) is 0 Å².